The second kappa shape index (κ2) is 6.63. The largest absolute Gasteiger partial charge is 0.372 e. The van der Waals surface area contributed by atoms with Crippen LogP contribution in [-0.2, 0) is 0 Å². The van der Waals surface area contributed by atoms with Crippen LogP contribution in [0.4, 0.5) is 23.1 Å². The third-order valence-electron chi connectivity index (χ3n) is 4.76. The summed E-state index contributed by atoms with van der Waals surface area (Å²) in [4.78, 5) is 6.93. The first-order valence-corrected chi connectivity index (χ1v) is 8.84. The van der Waals surface area contributed by atoms with Crippen LogP contribution < -0.4 is 15.5 Å². The minimum absolute atomic E-state index is 0.522. The fourth-order valence-corrected chi connectivity index (χ4v) is 3.01. The van der Waals surface area contributed by atoms with E-state index in [-0.39, 0.29) is 0 Å². The van der Waals surface area contributed by atoms with E-state index in [2.05, 4.69) is 61.9 Å². The van der Waals surface area contributed by atoms with Crippen LogP contribution in [0.1, 0.15) is 32.6 Å². The molecule has 2 N–H and O–H groups in total. The van der Waals surface area contributed by atoms with Crippen LogP contribution in [-0.4, -0.2) is 34.3 Å². The summed E-state index contributed by atoms with van der Waals surface area (Å²) in [5.41, 5.74) is 2.31. The van der Waals surface area contributed by atoms with Crippen molar-refractivity contribution in [3.8, 4) is 0 Å². The SMILES string of the molecule is CC1CCN(c2ccc(Nc3cnnc(NC4CC4)n3)cc2)CC1. The topological polar surface area (TPSA) is 66.0 Å². The van der Waals surface area contributed by atoms with E-state index in [1.54, 1.807) is 6.20 Å². The third-order valence-corrected chi connectivity index (χ3v) is 4.76. The summed E-state index contributed by atoms with van der Waals surface area (Å²) in [5.74, 6) is 2.17. The van der Waals surface area contributed by atoms with Gasteiger partial charge in [0.15, 0.2) is 5.82 Å². The van der Waals surface area contributed by atoms with Crippen molar-refractivity contribution in [2.75, 3.05) is 28.6 Å². The maximum absolute atomic E-state index is 4.46. The minimum Gasteiger partial charge on any atom is -0.372 e. The molecule has 0 radical (unpaired) electrons. The van der Waals surface area contributed by atoms with Crippen LogP contribution in [0.2, 0.25) is 0 Å². The first-order valence-electron chi connectivity index (χ1n) is 8.84. The molecule has 2 heterocycles. The predicted octanol–water partition coefficient (Wildman–Crippen LogP) is 3.43. The molecule has 126 valence electrons. The van der Waals surface area contributed by atoms with Crippen molar-refractivity contribution in [3.05, 3.63) is 30.5 Å². The Hall–Kier alpha value is -2.37. The second-order valence-electron chi connectivity index (χ2n) is 6.93. The Labute approximate surface area is 142 Å². The van der Waals surface area contributed by atoms with Crippen molar-refractivity contribution in [1.29, 1.82) is 0 Å². The Morgan fingerprint density at radius 2 is 1.79 bits per heavy atom. The van der Waals surface area contributed by atoms with E-state index in [1.165, 1.54) is 31.4 Å². The summed E-state index contributed by atoms with van der Waals surface area (Å²) >= 11 is 0. The van der Waals surface area contributed by atoms with Gasteiger partial charge in [-0.05, 0) is 55.9 Å². The van der Waals surface area contributed by atoms with E-state index in [4.69, 9.17) is 0 Å². The molecule has 4 rings (SSSR count). The first-order chi connectivity index (χ1) is 11.8. The maximum Gasteiger partial charge on any atom is 0.244 e. The number of rotatable bonds is 5. The van der Waals surface area contributed by atoms with Crippen molar-refractivity contribution in [1.82, 2.24) is 15.2 Å². The predicted molar refractivity (Wildman–Crippen MR) is 96.8 cm³/mol. The molecule has 1 saturated heterocycles. The van der Waals surface area contributed by atoms with Gasteiger partial charge in [-0.3, -0.25) is 0 Å². The molecule has 0 unspecified atom stereocenters. The first kappa shape index (κ1) is 15.2. The molecule has 1 saturated carbocycles. The molecule has 2 aromatic rings. The summed E-state index contributed by atoms with van der Waals surface area (Å²) in [6.45, 7) is 4.65. The lowest BCUT2D eigenvalue weighted by Gasteiger charge is -2.32. The van der Waals surface area contributed by atoms with Crippen LogP contribution in [0.3, 0.4) is 0 Å². The van der Waals surface area contributed by atoms with Crippen molar-refractivity contribution in [3.63, 3.8) is 0 Å². The highest BCUT2D eigenvalue weighted by Crippen LogP contribution is 2.26. The van der Waals surface area contributed by atoms with Crippen LogP contribution in [0.25, 0.3) is 0 Å². The summed E-state index contributed by atoms with van der Waals surface area (Å²) < 4.78 is 0. The quantitative estimate of drug-likeness (QED) is 0.878. The number of hydrogen-bond acceptors (Lipinski definition) is 6. The van der Waals surface area contributed by atoms with Crippen molar-refractivity contribution in [2.24, 2.45) is 5.92 Å². The zero-order valence-corrected chi connectivity index (χ0v) is 14.1. The number of nitrogens with zero attached hydrogens (tertiary/aromatic N) is 4. The molecule has 2 fully saturated rings. The van der Waals surface area contributed by atoms with Gasteiger partial charge in [-0.25, -0.2) is 0 Å². The van der Waals surface area contributed by atoms with Gasteiger partial charge in [-0.2, -0.15) is 10.1 Å². The summed E-state index contributed by atoms with van der Waals surface area (Å²) in [6, 6.07) is 9.08. The number of hydrogen-bond donors (Lipinski definition) is 2. The fraction of sp³-hybridized carbons (Fsp3) is 0.500. The van der Waals surface area contributed by atoms with Gasteiger partial charge < -0.3 is 15.5 Å². The number of anilines is 4. The van der Waals surface area contributed by atoms with Gasteiger partial charge in [0.1, 0.15) is 0 Å². The molecule has 6 nitrogen and oxygen atoms in total. The highest BCUT2D eigenvalue weighted by atomic mass is 15.3. The highest BCUT2D eigenvalue weighted by molar-refractivity contribution is 5.61. The average molecular weight is 324 g/mol. The molecule has 0 bridgehead atoms. The van der Waals surface area contributed by atoms with Crippen molar-refractivity contribution in [2.45, 2.75) is 38.6 Å². The molecule has 0 spiro atoms. The Bertz CT molecular complexity index is 674. The molecule has 0 amide bonds. The Morgan fingerprint density at radius 3 is 2.50 bits per heavy atom. The second-order valence-corrected chi connectivity index (χ2v) is 6.93. The standard InChI is InChI=1S/C18H24N6/c1-13-8-10-24(11-9-13)16-6-4-14(5-7-16)20-17-12-19-23-18(22-17)21-15-2-3-15/h4-7,12-13,15H,2-3,8-11H2,1H3,(H2,20,21,22,23). The molecule has 0 atom stereocenters. The number of piperidine rings is 1. The van der Waals surface area contributed by atoms with Gasteiger partial charge in [0, 0.05) is 30.5 Å². The molecule has 24 heavy (non-hydrogen) atoms. The van der Waals surface area contributed by atoms with E-state index in [0.717, 1.165) is 24.7 Å². The van der Waals surface area contributed by atoms with E-state index in [0.29, 0.717) is 17.8 Å². The molecule has 1 aliphatic heterocycles. The maximum atomic E-state index is 4.46. The summed E-state index contributed by atoms with van der Waals surface area (Å²) in [6.07, 6.45) is 6.60. The molecule has 1 aromatic carbocycles. The van der Waals surface area contributed by atoms with Crippen molar-refractivity contribution < 1.29 is 0 Å². The van der Waals surface area contributed by atoms with Crippen LogP contribution >= 0.6 is 0 Å². The number of nitrogens with one attached hydrogen (secondary N) is 2. The molecular weight excluding hydrogens is 300 g/mol. The lowest BCUT2D eigenvalue weighted by atomic mass is 9.99. The monoisotopic (exact) mass is 324 g/mol. The van der Waals surface area contributed by atoms with E-state index in [1.807, 2.05) is 0 Å². The fourth-order valence-electron chi connectivity index (χ4n) is 3.01. The zero-order chi connectivity index (χ0) is 16.4. The van der Waals surface area contributed by atoms with Gasteiger partial charge in [0.2, 0.25) is 5.95 Å². The minimum atomic E-state index is 0.522. The highest BCUT2D eigenvalue weighted by Gasteiger charge is 2.22. The number of benzene rings is 1. The van der Waals surface area contributed by atoms with Gasteiger partial charge >= 0.3 is 0 Å². The van der Waals surface area contributed by atoms with Crippen LogP contribution in [0, 0.1) is 5.92 Å². The summed E-state index contributed by atoms with van der Waals surface area (Å²) in [7, 11) is 0. The van der Waals surface area contributed by atoms with E-state index in [9.17, 15) is 0 Å². The molecular formula is C18H24N6. The normalized spacial score (nSPS) is 18.5. The molecule has 1 aliphatic carbocycles. The van der Waals surface area contributed by atoms with E-state index < -0.39 is 0 Å². The lowest BCUT2D eigenvalue weighted by molar-refractivity contribution is 0.438. The Morgan fingerprint density at radius 1 is 1.04 bits per heavy atom. The Balaban J connectivity index is 1.39. The average Bonchev–Trinajstić information content (AvgIpc) is 3.41. The zero-order valence-electron chi connectivity index (χ0n) is 14.1. The summed E-state index contributed by atoms with van der Waals surface area (Å²) in [5, 5.41) is 14.6. The number of aromatic nitrogens is 3. The van der Waals surface area contributed by atoms with E-state index >= 15 is 0 Å². The Kier molecular flexibility index (Phi) is 4.19. The van der Waals surface area contributed by atoms with Gasteiger partial charge in [-0.1, -0.05) is 6.92 Å². The molecule has 6 heteroatoms. The van der Waals surface area contributed by atoms with Gasteiger partial charge in [-0.15, -0.1) is 5.10 Å². The lowest BCUT2D eigenvalue weighted by Crippen LogP contribution is -2.32. The smallest absolute Gasteiger partial charge is 0.244 e. The van der Waals surface area contributed by atoms with Crippen molar-refractivity contribution >= 4 is 23.1 Å². The third kappa shape index (κ3) is 3.75. The molecule has 2 aliphatic rings. The van der Waals surface area contributed by atoms with Crippen LogP contribution in [0.15, 0.2) is 30.5 Å². The van der Waals surface area contributed by atoms with Crippen LogP contribution in [0.5, 0.6) is 0 Å². The molecule has 1 aromatic heterocycles. The van der Waals surface area contributed by atoms with Gasteiger partial charge in [0.05, 0.1) is 6.20 Å². The van der Waals surface area contributed by atoms with Gasteiger partial charge in [0.25, 0.3) is 0 Å².